The van der Waals surface area contributed by atoms with E-state index in [1.165, 1.54) is 32.1 Å². The second-order valence-corrected chi connectivity index (χ2v) is 3.73. The molecule has 0 unspecified atom stereocenters. The van der Waals surface area contributed by atoms with Crippen LogP contribution in [0.3, 0.4) is 0 Å². The van der Waals surface area contributed by atoms with Crippen molar-refractivity contribution in [3.05, 3.63) is 0 Å². The quantitative estimate of drug-likeness (QED) is 0.619. The zero-order valence-electron chi connectivity index (χ0n) is 7.55. The van der Waals surface area contributed by atoms with Gasteiger partial charge in [-0.2, -0.15) is 0 Å². The van der Waals surface area contributed by atoms with Gasteiger partial charge in [-0.15, -0.1) is 0 Å². The van der Waals surface area contributed by atoms with Crippen LogP contribution >= 0.6 is 0 Å². The summed E-state index contributed by atoms with van der Waals surface area (Å²) in [7, 11) is 0. The summed E-state index contributed by atoms with van der Waals surface area (Å²) in [6, 6.07) is 0. The maximum absolute atomic E-state index is 9.67. The maximum atomic E-state index is 9.67. The first-order chi connectivity index (χ1) is 5.34. The van der Waals surface area contributed by atoms with Gasteiger partial charge in [0.25, 0.3) is 0 Å². The first kappa shape index (κ1) is 9.05. The molecule has 1 heteroatoms. The van der Waals surface area contributed by atoms with E-state index in [4.69, 9.17) is 0 Å². The van der Waals surface area contributed by atoms with Crippen LogP contribution in [-0.4, -0.2) is 11.2 Å². The summed E-state index contributed by atoms with van der Waals surface area (Å²) in [4.78, 5) is 0. The molecule has 0 amide bonds. The van der Waals surface area contributed by atoms with E-state index in [9.17, 15) is 5.11 Å². The van der Waals surface area contributed by atoms with Crippen molar-refractivity contribution in [2.24, 2.45) is 5.92 Å². The monoisotopic (exact) mass is 156 g/mol. The molecule has 0 spiro atoms. The number of aliphatic hydroxyl groups excluding tert-OH is 1. The van der Waals surface area contributed by atoms with E-state index in [0.717, 1.165) is 12.8 Å². The molecule has 0 aromatic rings. The molecule has 0 aliphatic heterocycles. The Kier molecular flexibility index (Phi) is 3.92. The van der Waals surface area contributed by atoms with Crippen molar-refractivity contribution in [2.75, 3.05) is 0 Å². The molecule has 66 valence electrons. The van der Waals surface area contributed by atoms with E-state index in [-0.39, 0.29) is 6.10 Å². The molecule has 1 aliphatic rings. The molecule has 0 saturated heterocycles. The molecule has 1 saturated carbocycles. The molecular formula is C10H20O. The van der Waals surface area contributed by atoms with Gasteiger partial charge in [0.15, 0.2) is 0 Å². The van der Waals surface area contributed by atoms with Gasteiger partial charge in [0.1, 0.15) is 0 Å². The minimum absolute atomic E-state index is 0.000278. The third-order valence-electron chi connectivity index (χ3n) is 2.89. The van der Waals surface area contributed by atoms with Crippen molar-refractivity contribution in [1.82, 2.24) is 0 Å². The van der Waals surface area contributed by atoms with E-state index in [0.29, 0.717) is 5.92 Å². The van der Waals surface area contributed by atoms with Crippen LogP contribution in [0.1, 0.15) is 51.9 Å². The molecule has 0 radical (unpaired) electrons. The van der Waals surface area contributed by atoms with Crippen molar-refractivity contribution in [3.8, 4) is 0 Å². The predicted molar refractivity (Wildman–Crippen MR) is 47.5 cm³/mol. The molecule has 0 aromatic carbocycles. The highest BCUT2D eigenvalue weighted by Crippen LogP contribution is 2.24. The molecule has 1 rings (SSSR count). The lowest BCUT2D eigenvalue weighted by atomic mass is 9.87. The fraction of sp³-hybridized carbons (Fsp3) is 1.00. The van der Waals surface area contributed by atoms with Crippen molar-refractivity contribution >= 4 is 0 Å². The average molecular weight is 156 g/mol. The highest BCUT2D eigenvalue weighted by Gasteiger charge is 2.18. The van der Waals surface area contributed by atoms with Gasteiger partial charge < -0.3 is 5.11 Å². The minimum Gasteiger partial charge on any atom is -0.393 e. The summed E-state index contributed by atoms with van der Waals surface area (Å²) in [5.41, 5.74) is 0. The molecule has 1 fully saturated rings. The van der Waals surface area contributed by atoms with Gasteiger partial charge in [0, 0.05) is 0 Å². The van der Waals surface area contributed by atoms with Crippen LogP contribution in [0.25, 0.3) is 0 Å². The molecular weight excluding hydrogens is 136 g/mol. The fourth-order valence-corrected chi connectivity index (χ4v) is 2.02. The summed E-state index contributed by atoms with van der Waals surface area (Å²) in [6.07, 6.45) is 8.71. The topological polar surface area (TPSA) is 20.2 Å². The van der Waals surface area contributed by atoms with Crippen LogP contribution < -0.4 is 0 Å². The Hall–Kier alpha value is -0.0400. The zero-order valence-corrected chi connectivity index (χ0v) is 7.55. The van der Waals surface area contributed by atoms with Crippen molar-refractivity contribution in [2.45, 2.75) is 58.0 Å². The molecule has 11 heavy (non-hydrogen) atoms. The third-order valence-corrected chi connectivity index (χ3v) is 2.89. The van der Waals surface area contributed by atoms with Crippen LogP contribution in [0.5, 0.6) is 0 Å². The Balaban J connectivity index is 2.33. The highest BCUT2D eigenvalue weighted by atomic mass is 16.3. The molecule has 1 N–H and O–H groups in total. The first-order valence-electron chi connectivity index (χ1n) is 5.02. The highest BCUT2D eigenvalue weighted by molar-refractivity contribution is 4.70. The molecule has 1 nitrogen and oxygen atoms in total. The third kappa shape index (κ3) is 2.82. The number of aliphatic hydroxyl groups is 1. The van der Waals surface area contributed by atoms with Gasteiger partial charge in [0.2, 0.25) is 0 Å². The summed E-state index contributed by atoms with van der Waals surface area (Å²) in [5, 5.41) is 9.67. The Morgan fingerprint density at radius 3 is 2.36 bits per heavy atom. The summed E-state index contributed by atoms with van der Waals surface area (Å²) < 4.78 is 0. The second kappa shape index (κ2) is 4.76. The zero-order chi connectivity index (χ0) is 8.10. The Bertz CT molecular complexity index is 101. The van der Waals surface area contributed by atoms with Crippen LogP contribution in [0.15, 0.2) is 0 Å². The molecule has 0 heterocycles. The van der Waals surface area contributed by atoms with Gasteiger partial charge in [-0.25, -0.2) is 0 Å². The summed E-state index contributed by atoms with van der Waals surface area (Å²) in [6.45, 7) is 2.19. The van der Waals surface area contributed by atoms with Gasteiger partial charge in [0.05, 0.1) is 6.10 Å². The predicted octanol–water partition coefficient (Wildman–Crippen LogP) is 2.73. The maximum Gasteiger partial charge on any atom is 0.0568 e. The van der Waals surface area contributed by atoms with Gasteiger partial charge in [-0.3, -0.25) is 0 Å². The van der Waals surface area contributed by atoms with E-state index >= 15 is 0 Å². The van der Waals surface area contributed by atoms with Crippen LogP contribution in [-0.2, 0) is 0 Å². The van der Waals surface area contributed by atoms with Gasteiger partial charge in [-0.1, -0.05) is 39.0 Å². The van der Waals surface area contributed by atoms with Crippen LogP contribution in [0.4, 0.5) is 0 Å². The van der Waals surface area contributed by atoms with Crippen LogP contribution in [0.2, 0.25) is 0 Å². The largest absolute Gasteiger partial charge is 0.393 e. The minimum atomic E-state index is 0.000278. The van der Waals surface area contributed by atoms with Crippen molar-refractivity contribution in [3.63, 3.8) is 0 Å². The number of hydrogen-bond donors (Lipinski definition) is 1. The van der Waals surface area contributed by atoms with E-state index < -0.39 is 0 Å². The summed E-state index contributed by atoms with van der Waals surface area (Å²) in [5.74, 6) is 0.593. The van der Waals surface area contributed by atoms with Gasteiger partial charge >= 0.3 is 0 Å². The lowest BCUT2D eigenvalue weighted by Crippen LogP contribution is -2.21. The molecule has 1 aliphatic carbocycles. The Labute approximate surface area is 69.8 Å². The molecule has 0 aromatic heterocycles. The fourth-order valence-electron chi connectivity index (χ4n) is 2.02. The normalized spacial score (nSPS) is 34.4. The van der Waals surface area contributed by atoms with Gasteiger partial charge in [-0.05, 0) is 18.8 Å². The lowest BCUT2D eigenvalue weighted by molar-refractivity contribution is 0.0816. The van der Waals surface area contributed by atoms with Crippen LogP contribution in [0, 0.1) is 5.92 Å². The smallest absolute Gasteiger partial charge is 0.0568 e. The average Bonchev–Trinajstić information content (AvgIpc) is 1.98. The Morgan fingerprint density at radius 1 is 1.09 bits per heavy atom. The van der Waals surface area contributed by atoms with Crippen molar-refractivity contribution in [1.29, 1.82) is 0 Å². The van der Waals surface area contributed by atoms with E-state index in [1.54, 1.807) is 0 Å². The number of rotatable bonds is 1. The van der Waals surface area contributed by atoms with Crippen molar-refractivity contribution < 1.29 is 5.11 Å². The SMILES string of the molecule is CC[C@@H]1CCCCCC[C@H]1O. The molecule has 2 atom stereocenters. The van der Waals surface area contributed by atoms with E-state index in [2.05, 4.69) is 6.92 Å². The Morgan fingerprint density at radius 2 is 1.73 bits per heavy atom. The molecule has 0 bridgehead atoms. The summed E-state index contributed by atoms with van der Waals surface area (Å²) >= 11 is 0. The number of hydrogen-bond acceptors (Lipinski definition) is 1. The standard InChI is InChI=1S/C10H20O/c1-2-9-7-5-3-4-6-8-10(9)11/h9-11H,2-8H2,1H3/t9-,10-/m1/s1. The van der Waals surface area contributed by atoms with E-state index in [1.807, 2.05) is 0 Å². The second-order valence-electron chi connectivity index (χ2n) is 3.73. The first-order valence-corrected chi connectivity index (χ1v) is 5.02. The lowest BCUT2D eigenvalue weighted by Gasteiger charge is -2.23.